The van der Waals surface area contributed by atoms with Crippen molar-refractivity contribution in [3.8, 4) is 11.3 Å². The zero-order chi connectivity index (χ0) is 21.1. The number of nitrogens with one attached hydrogen (secondary N) is 1. The number of benzene rings is 2. The molecule has 0 bridgehead atoms. The highest BCUT2D eigenvalue weighted by molar-refractivity contribution is 5.94. The van der Waals surface area contributed by atoms with E-state index in [0.29, 0.717) is 12.2 Å². The van der Waals surface area contributed by atoms with E-state index in [1.165, 1.54) is 12.1 Å². The Hall–Kier alpha value is -3.28. The lowest BCUT2D eigenvalue weighted by atomic mass is 9.96. The lowest BCUT2D eigenvalue weighted by Gasteiger charge is -2.32. The summed E-state index contributed by atoms with van der Waals surface area (Å²) in [4.78, 5) is 15.0. The number of rotatable bonds is 4. The van der Waals surface area contributed by atoms with Crippen LogP contribution in [0.25, 0.3) is 11.3 Å². The molecule has 0 saturated carbocycles. The number of hydrogen-bond acceptors (Lipinski definition) is 4. The third-order valence-corrected chi connectivity index (χ3v) is 5.64. The van der Waals surface area contributed by atoms with Crippen LogP contribution in [-0.2, 0) is 4.79 Å². The molecule has 1 atom stereocenters. The average molecular weight is 404 g/mol. The number of anilines is 2. The van der Waals surface area contributed by atoms with Crippen molar-refractivity contribution in [2.75, 3.05) is 23.3 Å². The molecule has 0 radical (unpaired) electrons. The fourth-order valence-corrected chi connectivity index (χ4v) is 3.90. The van der Waals surface area contributed by atoms with Crippen molar-refractivity contribution in [2.24, 2.45) is 5.92 Å². The molecule has 5 nitrogen and oxygen atoms in total. The fourth-order valence-electron chi connectivity index (χ4n) is 3.90. The molecule has 1 aliphatic rings. The van der Waals surface area contributed by atoms with E-state index in [4.69, 9.17) is 0 Å². The van der Waals surface area contributed by atoms with Crippen LogP contribution in [0, 0.1) is 25.6 Å². The summed E-state index contributed by atoms with van der Waals surface area (Å²) in [5.74, 6) is 0.427. The van der Waals surface area contributed by atoms with E-state index in [0.717, 1.165) is 47.6 Å². The van der Waals surface area contributed by atoms with Crippen LogP contribution < -0.4 is 10.2 Å². The van der Waals surface area contributed by atoms with Crippen LogP contribution in [-0.4, -0.2) is 29.2 Å². The van der Waals surface area contributed by atoms with Crippen LogP contribution in [0.1, 0.15) is 24.0 Å². The van der Waals surface area contributed by atoms with Crippen LogP contribution in [0.3, 0.4) is 0 Å². The Morgan fingerprint density at radius 2 is 1.77 bits per heavy atom. The van der Waals surface area contributed by atoms with Gasteiger partial charge in [0, 0.05) is 24.3 Å². The molecule has 1 fully saturated rings. The van der Waals surface area contributed by atoms with Crippen LogP contribution in [0.15, 0.2) is 54.6 Å². The SMILES string of the molecule is Cc1cccc(C)c1NC(=O)C1CCCN(c2ccc(-c3ccc(F)cc3)nn2)C1. The summed E-state index contributed by atoms with van der Waals surface area (Å²) < 4.78 is 13.1. The summed E-state index contributed by atoms with van der Waals surface area (Å²) in [5.41, 5.74) is 4.56. The van der Waals surface area contributed by atoms with Gasteiger partial charge in [-0.15, -0.1) is 10.2 Å². The predicted octanol–water partition coefficient (Wildman–Crippen LogP) is 4.75. The van der Waals surface area contributed by atoms with E-state index < -0.39 is 0 Å². The van der Waals surface area contributed by atoms with Crippen molar-refractivity contribution in [3.05, 3.63) is 71.5 Å². The van der Waals surface area contributed by atoms with Crippen LogP contribution in [0.4, 0.5) is 15.9 Å². The van der Waals surface area contributed by atoms with E-state index in [9.17, 15) is 9.18 Å². The fraction of sp³-hybridized carbons (Fsp3) is 0.292. The van der Waals surface area contributed by atoms with Gasteiger partial charge in [0.15, 0.2) is 5.82 Å². The summed E-state index contributed by atoms with van der Waals surface area (Å²) in [6.07, 6.45) is 1.78. The van der Waals surface area contributed by atoms with Gasteiger partial charge in [0.2, 0.25) is 5.91 Å². The minimum Gasteiger partial charge on any atom is -0.354 e. The van der Waals surface area contributed by atoms with Crippen LogP contribution in [0.5, 0.6) is 0 Å². The van der Waals surface area contributed by atoms with E-state index in [1.54, 1.807) is 12.1 Å². The van der Waals surface area contributed by atoms with Crippen LogP contribution >= 0.6 is 0 Å². The first-order valence-corrected chi connectivity index (χ1v) is 10.2. The Morgan fingerprint density at radius 3 is 2.43 bits per heavy atom. The van der Waals surface area contributed by atoms with Crippen molar-refractivity contribution in [2.45, 2.75) is 26.7 Å². The summed E-state index contributed by atoms with van der Waals surface area (Å²) >= 11 is 0. The standard InChI is InChI=1S/C24H25FN4O/c1-16-5-3-6-17(2)23(16)26-24(30)19-7-4-14-29(15-19)22-13-12-21(27-28-22)18-8-10-20(25)11-9-18/h3,5-6,8-13,19H,4,7,14-15H2,1-2H3,(H,26,30). The monoisotopic (exact) mass is 404 g/mol. The van der Waals surface area contributed by atoms with Gasteiger partial charge in [-0.1, -0.05) is 18.2 Å². The number of para-hydroxylation sites is 1. The van der Waals surface area contributed by atoms with Crippen molar-refractivity contribution < 1.29 is 9.18 Å². The lowest BCUT2D eigenvalue weighted by Crippen LogP contribution is -2.41. The molecule has 0 aliphatic carbocycles. The van der Waals surface area contributed by atoms with E-state index >= 15 is 0 Å². The molecular weight excluding hydrogens is 379 g/mol. The highest BCUT2D eigenvalue weighted by Gasteiger charge is 2.27. The third kappa shape index (κ3) is 4.32. The minimum atomic E-state index is -0.276. The van der Waals surface area contributed by atoms with Crippen molar-refractivity contribution in [1.29, 1.82) is 0 Å². The largest absolute Gasteiger partial charge is 0.354 e. The Labute approximate surface area is 176 Å². The van der Waals surface area contributed by atoms with Gasteiger partial charge in [-0.2, -0.15) is 0 Å². The average Bonchev–Trinajstić information content (AvgIpc) is 2.77. The first-order valence-electron chi connectivity index (χ1n) is 10.2. The lowest BCUT2D eigenvalue weighted by molar-refractivity contribution is -0.120. The normalized spacial score (nSPS) is 16.4. The molecule has 6 heteroatoms. The molecular formula is C24H25FN4O. The zero-order valence-corrected chi connectivity index (χ0v) is 17.2. The molecule has 3 aromatic rings. The van der Waals surface area contributed by atoms with Crippen molar-refractivity contribution >= 4 is 17.4 Å². The molecule has 2 aromatic carbocycles. The van der Waals surface area contributed by atoms with Gasteiger partial charge < -0.3 is 10.2 Å². The summed E-state index contributed by atoms with van der Waals surface area (Å²) in [6, 6.07) is 16.0. The van der Waals surface area contributed by atoms with Gasteiger partial charge in [-0.05, 0) is 74.2 Å². The summed E-state index contributed by atoms with van der Waals surface area (Å²) in [7, 11) is 0. The second-order valence-corrected chi connectivity index (χ2v) is 7.82. The molecule has 1 N–H and O–H groups in total. The minimum absolute atomic E-state index is 0.0491. The highest BCUT2D eigenvalue weighted by atomic mass is 19.1. The molecule has 0 spiro atoms. The molecule has 1 aliphatic heterocycles. The molecule has 1 amide bonds. The first-order chi connectivity index (χ1) is 14.5. The molecule has 4 rings (SSSR count). The first kappa shape index (κ1) is 20.0. The Bertz CT molecular complexity index is 1010. The zero-order valence-electron chi connectivity index (χ0n) is 17.2. The van der Waals surface area contributed by atoms with Gasteiger partial charge in [0.25, 0.3) is 0 Å². The number of aryl methyl sites for hydroxylation is 2. The number of halogens is 1. The number of carbonyl (C=O) groups excluding carboxylic acids is 1. The van der Waals surface area contributed by atoms with E-state index in [2.05, 4.69) is 20.4 Å². The third-order valence-electron chi connectivity index (χ3n) is 5.64. The Morgan fingerprint density at radius 1 is 1.03 bits per heavy atom. The molecule has 154 valence electrons. The molecule has 30 heavy (non-hydrogen) atoms. The molecule has 1 saturated heterocycles. The van der Waals surface area contributed by atoms with Crippen LogP contribution in [0.2, 0.25) is 0 Å². The number of piperidine rings is 1. The second-order valence-electron chi connectivity index (χ2n) is 7.82. The smallest absolute Gasteiger partial charge is 0.229 e. The number of aromatic nitrogens is 2. The maximum absolute atomic E-state index is 13.1. The maximum atomic E-state index is 13.1. The highest BCUT2D eigenvalue weighted by Crippen LogP contribution is 2.26. The maximum Gasteiger partial charge on any atom is 0.229 e. The quantitative estimate of drug-likeness (QED) is 0.681. The topological polar surface area (TPSA) is 58.1 Å². The molecule has 2 heterocycles. The van der Waals surface area contributed by atoms with Crippen molar-refractivity contribution in [1.82, 2.24) is 10.2 Å². The van der Waals surface area contributed by atoms with E-state index in [1.807, 2.05) is 44.2 Å². The Kier molecular flexibility index (Phi) is 5.74. The number of amides is 1. The van der Waals surface area contributed by atoms with Gasteiger partial charge in [-0.25, -0.2) is 4.39 Å². The van der Waals surface area contributed by atoms with Gasteiger partial charge in [0.05, 0.1) is 11.6 Å². The van der Waals surface area contributed by atoms with Crippen molar-refractivity contribution in [3.63, 3.8) is 0 Å². The Balaban J connectivity index is 1.44. The number of hydrogen-bond donors (Lipinski definition) is 1. The van der Waals surface area contributed by atoms with E-state index in [-0.39, 0.29) is 17.6 Å². The molecule has 1 unspecified atom stereocenters. The van der Waals surface area contributed by atoms with Gasteiger partial charge in [0.1, 0.15) is 5.82 Å². The predicted molar refractivity (Wildman–Crippen MR) is 117 cm³/mol. The number of nitrogens with zero attached hydrogens (tertiary/aromatic N) is 3. The second kappa shape index (κ2) is 8.61. The summed E-state index contributed by atoms with van der Waals surface area (Å²) in [5, 5.41) is 11.8. The van der Waals surface area contributed by atoms with Gasteiger partial charge >= 0.3 is 0 Å². The summed E-state index contributed by atoms with van der Waals surface area (Å²) in [6.45, 7) is 5.47. The number of carbonyl (C=O) groups is 1. The molecule has 1 aromatic heterocycles. The van der Waals surface area contributed by atoms with Gasteiger partial charge in [-0.3, -0.25) is 4.79 Å².